The number of hydrogen-bond acceptors (Lipinski definition) is 6. The maximum absolute atomic E-state index is 13.6. The normalized spacial score (nSPS) is 10.2. The summed E-state index contributed by atoms with van der Waals surface area (Å²) in [7, 11) is 3.08. The predicted octanol–water partition coefficient (Wildman–Crippen LogP) is 1.95. The first-order valence-corrected chi connectivity index (χ1v) is 5.84. The van der Waals surface area contributed by atoms with Gasteiger partial charge in [-0.25, -0.2) is 4.98 Å². The van der Waals surface area contributed by atoms with Crippen LogP contribution < -0.4 is 14.8 Å². The van der Waals surface area contributed by atoms with Gasteiger partial charge in [-0.05, 0) is 17.7 Å². The number of halogens is 1. The number of aliphatic hydroxyl groups is 1. The average molecular weight is 279 g/mol. The molecule has 2 rings (SSSR count). The third kappa shape index (κ3) is 2.94. The lowest BCUT2D eigenvalue weighted by atomic mass is 10.2. The fraction of sp³-hybridized carbons (Fsp3) is 0.231. The van der Waals surface area contributed by atoms with Crippen LogP contribution in [0.25, 0.3) is 0 Å². The minimum Gasteiger partial charge on any atom is -0.493 e. The molecule has 0 spiro atoms. The quantitative estimate of drug-likeness (QED) is 0.871. The van der Waals surface area contributed by atoms with E-state index in [9.17, 15) is 4.39 Å². The third-order valence-corrected chi connectivity index (χ3v) is 2.55. The number of nitrogens with one attached hydrogen (secondary N) is 1. The highest BCUT2D eigenvalue weighted by Crippen LogP contribution is 2.32. The second-order valence-electron chi connectivity index (χ2n) is 3.84. The number of aliphatic hydroxyl groups excluding tert-OH is 1. The standard InChI is InChI=1S/C13H14FN3O3/c1-15-13-16-6-9(14)12(17-13)20-10-4-3-8(7-18)5-11(10)19-2/h3-6,18H,7H2,1-2H3,(H,15,16,17). The maximum atomic E-state index is 13.6. The highest BCUT2D eigenvalue weighted by atomic mass is 19.1. The molecule has 0 radical (unpaired) electrons. The molecule has 0 saturated carbocycles. The summed E-state index contributed by atoms with van der Waals surface area (Å²) < 4.78 is 24.2. The lowest BCUT2D eigenvalue weighted by molar-refractivity contribution is 0.280. The Bertz CT molecular complexity index is 607. The Morgan fingerprint density at radius 1 is 1.35 bits per heavy atom. The van der Waals surface area contributed by atoms with Crippen molar-refractivity contribution in [1.82, 2.24) is 9.97 Å². The van der Waals surface area contributed by atoms with E-state index in [1.54, 1.807) is 25.2 Å². The van der Waals surface area contributed by atoms with Gasteiger partial charge < -0.3 is 19.9 Å². The number of rotatable bonds is 5. The van der Waals surface area contributed by atoms with Crippen LogP contribution >= 0.6 is 0 Å². The van der Waals surface area contributed by atoms with Gasteiger partial charge in [-0.1, -0.05) is 6.07 Å². The molecule has 0 fully saturated rings. The van der Waals surface area contributed by atoms with Crippen LogP contribution in [-0.4, -0.2) is 29.2 Å². The molecule has 7 heteroatoms. The molecule has 0 saturated heterocycles. The molecule has 20 heavy (non-hydrogen) atoms. The predicted molar refractivity (Wildman–Crippen MR) is 70.5 cm³/mol. The number of ether oxygens (including phenoxy) is 2. The maximum Gasteiger partial charge on any atom is 0.261 e. The van der Waals surface area contributed by atoms with Gasteiger partial charge in [0.05, 0.1) is 19.9 Å². The summed E-state index contributed by atoms with van der Waals surface area (Å²) in [6.45, 7) is -0.123. The second-order valence-corrected chi connectivity index (χ2v) is 3.84. The van der Waals surface area contributed by atoms with Crippen molar-refractivity contribution in [3.63, 3.8) is 0 Å². The first-order chi connectivity index (χ1) is 9.67. The monoisotopic (exact) mass is 279 g/mol. The van der Waals surface area contributed by atoms with Gasteiger partial charge in [-0.3, -0.25) is 0 Å². The van der Waals surface area contributed by atoms with Gasteiger partial charge in [0.2, 0.25) is 11.8 Å². The van der Waals surface area contributed by atoms with E-state index >= 15 is 0 Å². The molecule has 106 valence electrons. The summed E-state index contributed by atoms with van der Waals surface area (Å²) in [4.78, 5) is 7.61. The third-order valence-electron chi connectivity index (χ3n) is 2.55. The summed E-state index contributed by atoms with van der Waals surface area (Å²) in [5.41, 5.74) is 0.660. The number of benzene rings is 1. The molecule has 0 aliphatic rings. The van der Waals surface area contributed by atoms with Crippen molar-refractivity contribution in [3.05, 3.63) is 35.8 Å². The molecule has 0 amide bonds. The number of nitrogens with zero attached hydrogens (tertiary/aromatic N) is 2. The zero-order chi connectivity index (χ0) is 14.5. The molecule has 1 heterocycles. The van der Waals surface area contributed by atoms with Crippen LogP contribution in [0.3, 0.4) is 0 Å². The van der Waals surface area contributed by atoms with Gasteiger partial charge in [-0.2, -0.15) is 9.37 Å². The Morgan fingerprint density at radius 3 is 2.80 bits per heavy atom. The minimum absolute atomic E-state index is 0.123. The Labute approximate surface area is 115 Å². The van der Waals surface area contributed by atoms with Gasteiger partial charge >= 0.3 is 0 Å². The van der Waals surface area contributed by atoms with Gasteiger partial charge in [0.1, 0.15) is 0 Å². The Hall–Kier alpha value is -2.41. The summed E-state index contributed by atoms with van der Waals surface area (Å²) in [5, 5.41) is 11.8. The SMILES string of the molecule is CNc1ncc(F)c(Oc2ccc(CO)cc2OC)n1. The molecule has 1 aromatic carbocycles. The smallest absolute Gasteiger partial charge is 0.261 e. The molecule has 6 nitrogen and oxygen atoms in total. The van der Waals surface area contributed by atoms with E-state index in [-0.39, 0.29) is 18.4 Å². The molecule has 0 bridgehead atoms. The number of aromatic nitrogens is 2. The van der Waals surface area contributed by atoms with Gasteiger partial charge in [0.15, 0.2) is 11.5 Å². The van der Waals surface area contributed by atoms with Crippen LogP contribution in [-0.2, 0) is 6.61 Å². The van der Waals surface area contributed by atoms with Crippen LogP contribution in [0, 0.1) is 5.82 Å². The zero-order valence-corrected chi connectivity index (χ0v) is 11.1. The van der Waals surface area contributed by atoms with E-state index in [0.29, 0.717) is 17.1 Å². The lowest BCUT2D eigenvalue weighted by Gasteiger charge is -2.11. The van der Waals surface area contributed by atoms with Crippen LogP contribution in [0.1, 0.15) is 5.56 Å². The first-order valence-electron chi connectivity index (χ1n) is 5.84. The van der Waals surface area contributed by atoms with Crippen LogP contribution in [0.5, 0.6) is 17.4 Å². The van der Waals surface area contributed by atoms with Crippen LogP contribution in [0.2, 0.25) is 0 Å². The molecule has 2 N–H and O–H groups in total. The van der Waals surface area contributed by atoms with E-state index in [4.69, 9.17) is 14.6 Å². The van der Waals surface area contributed by atoms with Crippen molar-refractivity contribution in [2.75, 3.05) is 19.5 Å². The molecule has 0 aliphatic heterocycles. The van der Waals surface area contributed by atoms with E-state index in [2.05, 4.69) is 15.3 Å². The number of hydrogen-bond donors (Lipinski definition) is 2. The van der Waals surface area contributed by atoms with E-state index in [0.717, 1.165) is 6.20 Å². The topological polar surface area (TPSA) is 76.5 Å². The second kappa shape index (κ2) is 6.16. The highest BCUT2D eigenvalue weighted by Gasteiger charge is 2.12. The van der Waals surface area contributed by atoms with Crippen molar-refractivity contribution in [1.29, 1.82) is 0 Å². The fourth-order valence-electron chi connectivity index (χ4n) is 1.54. The molecule has 0 atom stereocenters. The highest BCUT2D eigenvalue weighted by molar-refractivity contribution is 5.45. The first kappa shape index (κ1) is 14.0. The van der Waals surface area contributed by atoms with Crippen molar-refractivity contribution < 1.29 is 19.0 Å². The minimum atomic E-state index is -0.683. The zero-order valence-electron chi connectivity index (χ0n) is 11.1. The van der Waals surface area contributed by atoms with Crippen molar-refractivity contribution >= 4 is 5.95 Å². The average Bonchev–Trinajstić information content (AvgIpc) is 2.49. The molecule has 2 aromatic rings. The molecular weight excluding hydrogens is 265 g/mol. The van der Waals surface area contributed by atoms with Crippen LogP contribution in [0.15, 0.2) is 24.4 Å². The largest absolute Gasteiger partial charge is 0.493 e. The van der Waals surface area contributed by atoms with E-state index in [1.165, 1.54) is 7.11 Å². The van der Waals surface area contributed by atoms with Gasteiger partial charge in [0, 0.05) is 7.05 Å². The summed E-state index contributed by atoms with van der Waals surface area (Å²) in [6, 6.07) is 4.83. The number of methoxy groups -OCH3 is 1. The lowest BCUT2D eigenvalue weighted by Crippen LogP contribution is -2.01. The van der Waals surface area contributed by atoms with Crippen molar-refractivity contribution in [3.8, 4) is 17.4 Å². The molecule has 0 aliphatic carbocycles. The molecule has 1 aromatic heterocycles. The van der Waals surface area contributed by atoms with Crippen LogP contribution in [0.4, 0.5) is 10.3 Å². The van der Waals surface area contributed by atoms with Gasteiger partial charge in [0.25, 0.3) is 5.88 Å². The summed E-state index contributed by atoms with van der Waals surface area (Å²) >= 11 is 0. The van der Waals surface area contributed by atoms with Gasteiger partial charge in [-0.15, -0.1) is 0 Å². The fourth-order valence-corrected chi connectivity index (χ4v) is 1.54. The Kier molecular flexibility index (Phi) is 4.31. The van der Waals surface area contributed by atoms with E-state index in [1.807, 2.05) is 0 Å². The Balaban J connectivity index is 2.34. The molecular formula is C13H14FN3O3. The molecule has 0 unspecified atom stereocenters. The summed E-state index contributed by atoms with van der Waals surface area (Å²) in [5.74, 6) is 0.0222. The van der Waals surface area contributed by atoms with Crippen molar-refractivity contribution in [2.45, 2.75) is 6.61 Å². The number of anilines is 1. The van der Waals surface area contributed by atoms with Crippen molar-refractivity contribution in [2.24, 2.45) is 0 Å². The summed E-state index contributed by atoms with van der Waals surface area (Å²) in [6.07, 6.45) is 1.02. The van der Waals surface area contributed by atoms with E-state index < -0.39 is 5.82 Å². The Morgan fingerprint density at radius 2 is 2.15 bits per heavy atom.